The summed E-state index contributed by atoms with van der Waals surface area (Å²) in [4.78, 5) is 2.47. The van der Waals surface area contributed by atoms with Crippen molar-refractivity contribution in [1.29, 1.82) is 0 Å². The maximum atomic E-state index is 5.61. The summed E-state index contributed by atoms with van der Waals surface area (Å²) in [7, 11) is 0. The van der Waals surface area contributed by atoms with Gasteiger partial charge in [0.25, 0.3) is 0 Å². The van der Waals surface area contributed by atoms with Crippen molar-refractivity contribution in [2.24, 2.45) is 0 Å². The van der Waals surface area contributed by atoms with E-state index < -0.39 is 0 Å². The first kappa shape index (κ1) is 12.3. The van der Waals surface area contributed by atoms with Crippen LogP contribution in [0.25, 0.3) is 0 Å². The molecule has 0 N–H and O–H groups in total. The largest absolute Gasteiger partial charge is 0.376 e. The molecule has 0 aromatic heterocycles. The van der Waals surface area contributed by atoms with E-state index in [1.54, 1.807) is 0 Å². The summed E-state index contributed by atoms with van der Waals surface area (Å²) in [6.07, 6.45) is 2.36. The van der Waals surface area contributed by atoms with Gasteiger partial charge in [-0.15, -0.1) is 0 Å². The van der Waals surface area contributed by atoms with Crippen LogP contribution in [0.5, 0.6) is 0 Å². The molecule has 2 saturated heterocycles. The lowest BCUT2D eigenvalue weighted by Gasteiger charge is -2.37. The predicted molar refractivity (Wildman–Crippen MR) is 61.4 cm³/mol. The van der Waals surface area contributed by atoms with E-state index in [1.165, 1.54) is 0 Å². The number of nitrogens with zero attached hydrogens (tertiary/aromatic N) is 1. The van der Waals surface area contributed by atoms with E-state index in [2.05, 4.69) is 18.7 Å². The van der Waals surface area contributed by atoms with Crippen LogP contribution >= 0.6 is 0 Å². The summed E-state index contributed by atoms with van der Waals surface area (Å²) in [6, 6.07) is 0.514. The zero-order valence-electron chi connectivity index (χ0n) is 10.4. The molecule has 4 heteroatoms. The summed E-state index contributed by atoms with van der Waals surface area (Å²) < 4.78 is 16.7. The lowest BCUT2D eigenvalue weighted by Crippen LogP contribution is -2.48. The van der Waals surface area contributed by atoms with Crippen LogP contribution in [0.1, 0.15) is 26.7 Å². The molecule has 2 aliphatic heterocycles. The van der Waals surface area contributed by atoms with Gasteiger partial charge in [0.05, 0.1) is 25.9 Å². The van der Waals surface area contributed by atoms with Gasteiger partial charge in [0.2, 0.25) is 0 Å². The van der Waals surface area contributed by atoms with Crippen molar-refractivity contribution < 1.29 is 14.2 Å². The molecule has 2 atom stereocenters. The van der Waals surface area contributed by atoms with Gasteiger partial charge in [0.1, 0.15) is 0 Å². The first-order valence-corrected chi connectivity index (χ1v) is 6.34. The highest BCUT2D eigenvalue weighted by molar-refractivity contribution is 4.75. The Bertz CT molecular complexity index is 206. The van der Waals surface area contributed by atoms with Gasteiger partial charge in [-0.05, 0) is 20.3 Å². The molecular weight excluding hydrogens is 206 g/mol. The quantitative estimate of drug-likeness (QED) is 0.729. The third kappa shape index (κ3) is 3.42. The normalized spacial score (nSPS) is 34.1. The molecule has 4 nitrogen and oxygen atoms in total. The SMILES string of the molecule is CC1CN(CCC2OCCCO2)C(C)CO1. The first-order valence-electron chi connectivity index (χ1n) is 6.34. The summed E-state index contributed by atoms with van der Waals surface area (Å²) >= 11 is 0. The van der Waals surface area contributed by atoms with Gasteiger partial charge < -0.3 is 14.2 Å². The molecule has 0 saturated carbocycles. The molecule has 0 aliphatic carbocycles. The van der Waals surface area contributed by atoms with Gasteiger partial charge in [-0.1, -0.05) is 0 Å². The van der Waals surface area contributed by atoms with E-state index in [0.29, 0.717) is 12.1 Å². The minimum Gasteiger partial charge on any atom is -0.376 e. The van der Waals surface area contributed by atoms with Crippen LogP contribution in [0, 0.1) is 0 Å². The summed E-state index contributed by atoms with van der Waals surface area (Å²) in [5, 5.41) is 0. The second-order valence-corrected chi connectivity index (χ2v) is 4.80. The summed E-state index contributed by atoms with van der Waals surface area (Å²) in [5.74, 6) is 0. The Kier molecular flexibility index (Phi) is 4.58. The maximum absolute atomic E-state index is 5.61. The molecule has 0 amide bonds. The molecule has 0 spiro atoms. The Morgan fingerprint density at radius 2 is 1.88 bits per heavy atom. The van der Waals surface area contributed by atoms with Crippen molar-refractivity contribution in [3.8, 4) is 0 Å². The molecule has 16 heavy (non-hydrogen) atoms. The lowest BCUT2D eigenvalue weighted by atomic mass is 10.2. The Morgan fingerprint density at radius 1 is 1.12 bits per heavy atom. The summed E-state index contributed by atoms with van der Waals surface area (Å²) in [5.41, 5.74) is 0. The standard InChI is InChI=1S/C12H23NO3/c1-10-9-16-11(2)8-13(10)5-4-12-14-6-3-7-15-12/h10-12H,3-9H2,1-2H3. The first-order chi connectivity index (χ1) is 7.75. The van der Waals surface area contributed by atoms with Gasteiger partial charge in [0.15, 0.2) is 6.29 Å². The third-order valence-electron chi connectivity index (χ3n) is 3.29. The smallest absolute Gasteiger partial charge is 0.158 e. The highest BCUT2D eigenvalue weighted by Gasteiger charge is 2.24. The minimum atomic E-state index is 0.0131. The average molecular weight is 229 g/mol. The van der Waals surface area contributed by atoms with Crippen molar-refractivity contribution >= 4 is 0 Å². The molecule has 0 aromatic carbocycles. The molecular formula is C12H23NO3. The molecule has 2 unspecified atom stereocenters. The summed E-state index contributed by atoms with van der Waals surface area (Å²) in [6.45, 7) is 8.95. The Labute approximate surface area is 97.8 Å². The van der Waals surface area contributed by atoms with Gasteiger partial charge in [-0.25, -0.2) is 0 Å². The van der Waals surface area contributed by atoms with Crippen LogP contribution in [-0.4, -0.2) is 56.2 Å². The van der Waals surface area contributed by atoms with E-state index >= 15 is 0 Å². The van der Waals surface area contributed by atoms with Crippen LogP contribution < -0.4 is 0 Å². The fraction of sp³-hybridized carbons (Fsp3) is 1.00. The Hall–Kier alpha value is -0.160. The maximum Gasteiger partial charge on any atom is 0.158 e. The van der Waals surface area contributed by atoms with E-state index in [9.17, 15) is 0 Å². The molecule has 0 radical (unpaired) electrons. The number of ether oxygens (including phenoxy) is 3. The Morgan fingerprint density at radius 3 is 2.62 bits per heavy atom. The van der Waals surface area contributed by atoms with Crippen LogP contribution in [0.15, 0.2) is 0 Å². The van der Waals surface area contributed by atoms with E-state index in [4.69, 9.17) is 14.2 Å². The fourth-order valence-electron chi connectivity index (χ4n) is 2.26. The molecule has 0 bridgehead atoms. The van der Waals surface area contributed by atoms with Gasteiger partial charge in [-0.3, -0.25) is 4.90 Å². The number of rotatable bonds is 3. The molecule has 94 valence electrons. The Balaban J connectivity index is 1.71. The number of morpholine rings is 1. The van der Waals surface area contributed by atoms with Crippen molar-refractivity contribution in [3.05, 3.63) is 0 Å². The van der Waals surface area contributed by atoms with Crippen LogP contribution in [0.2, 0.25) is 0 Å². The van der Waals surface area contributed by atoms with E-state index in [-0.39, 0.29) is 6.29 Å². The second kappa shape index (κ2) is 5.96. The lowest BCUT2D eigenvalue weighted by molar-refractivity contribution is -0.185. The van der Waals surface area contributed by atoms with Crippen molar-refractivity contribution in [1.82, 2.24) is 4.90 Å². The topological polar surface area (TPSA) is 30.9 Å². The monoisotopic (exact) mass is 229 g/mol. The van der Waals surface area contributed by atoms with Crippen molar-refractivity contribution in [2.75, 3.05) is 32.9 Å². The highest BCUT2D eigenvalue weighted by Crippen LogP contribution is 2.14. The number of hydrogen-bond acceptors (Lipinski definition) is 4. The third-order valence-corrected chi connectivity index (χ3v) is 3.29. The molecule has 0 aromatic rings. The zero-order chi connectivity index (χ0) is 11.4. The van der Waals surface area contributed by atoms with Crippen LogP contribution in [0.3, 0.4) is 0 Å². The molecule has 2 rings (SSSR count). The highest BCUT2D eigenvalue weighted by atomic mass is 16.7. The van der Waals surface area contributed by atoms with Gasteiger partial charge in [0, 0.05) is 25.6 Å². The molecule has 2 fully saturated rings. The minimum absolute atomic E-state index is 0.0131. The zero-order valence-corrected chi connectivity index (χ0v) is 10.4. The predicted octanol–water partition coefficient (Wildman–Crippen LogP) is 1.25. The van der Waals surface area contributed by atoms with Gasteiger partial charge in [-0.2, -0.15) is 0 Å². The molecule has 2 heterocycles. The van der Waals surface area contributed by atoms with E-state index in [1.807, 2.05) is 0 Å². The molecule has 2 aliphatic rings. The van der Waals surface area contributed by atoms with Crippen molar-refractivity contribution in [2.45, 2.75) is 45.1 Å². The van der Waals surface area contributed by atoms with Crippen molar-refractivity contribution in [3.63, 3.8) is 0 Å². The van der Waals surface area contributed by atoms with E-state index in [0.717, 1.165) is 45.8 Å². The average Bonchev–Trinajstić information content (AvgIpc) is 2.32. The van der Waals surface area contributed by atoms with Crippen LogP contribution in [0.4, 0.5) is 0 Å². The van der Waals surface area contributed by atoms with Gasteiger partial charge >= 0.3 is 0 Å². The van der Waals surface area contributed by atoms with Crippen LogP contribution in [-0.2, 0) is 14.2 Å². The number of hydrogen-bond donors (Lipinski definition) is 0. The fourth-order valence-corrected chi connectivity index (χ4v) is 2.26. The second-order valence-electron chi connectivity index (χ2n) is 4.80.